The second-order valence-electron chi connectivity index (χ2n) is 1.35. The molecule has 0 aliphatic carbocycles. The van der Waals surface area contributed by atoms with Crippen LogP contribution in [0.5, 0.6) is 0 Å². The van der Waals surface area contributed by atoms with Crippen LogP contribution in [-0.2, 0) is 22.8 Å². The van der Waals surface area contributed by atoms with E-state index >= 15 is 0 Å². The average Bonchev–Trinajstić information content (AvgIpc) is 1.69. The Kier molecular flexibility index (Phi) is 14.7. The summed E-state index contributed by atoms with van der Waals surface area (Å²) >= 11 is -1.75. The average molecular weight is 155 g/mol. The number of rotatable bonds is 1. The standard InChI is InChI=1S/C4H10O.H2O.O.Ti/c1-3-4(2)5;;;/h4-5H,3H2,1-2H3;1H2;;/q;;;+1/p-1. The molecule has 0 saturated heterocycles. The zero-order valence-electron chi connectivity index (χ0n) is 5.09. The van der Waals surface area contributed by atoms with Gasteiger partial charge in [-0.25, -0.2) is 0 Å². The van der Waals surface area contributed by atoms with Crippen LogP contribution in [0, 0.1) is 0 Å². The summed E-state index contributed by atoms with van der Waals surface area (Å²) in [4.78, 5) is 0. The summed E-state index contributed by atoms with van der Waals surface area (Å²) in [6.45, 7) is 3.73. The molecule has 3 nitrogen and oxygen atoms in total. The molecule has 0 spiro atoms. The van der Waals surface area contributed by atoms with Gasteiger partial charge >= 0.3 is 26.5 Å². The molecule has 1 atom stereocenters. The van der Waals surface area contributed by atoms with E-state index in [1.54, 1.807) is 6.92 Å². The summed E-state index contributed by atoms with van der Waals surface area (Å²) in [7, 11) is 0. The van der Waals surface area contributed by atoms with E-state index in [2.05, 4.69) is 0 Å². The van der Waals surface area contributed by atoms with E-state index in [1.165, 1.54) is 0 Å². The molecule has 0 aromatic heterocycles. The van der Waals surface area contributed by atoms with E-state index in [1.807, 2.05) is 6.92 Å². The van der Waals surface area contributed by atoms with Crippen LogP contribution in [0.25, 0.3) is 0 Å². The van der Waals surface area contributed by atoms with Crippen LogP contribution in [0.4, 0.5) is 0 Å². The van der Waals surface area contributed by atoms with Crippen LogP contribution in [-0.4, -0.2) is 14.9 Å². The van der Waals surface area contributed by atoms with Gasteiger partial charge < -0.3 is 5.11 Å². The summed E-state index contributed by atoms with van der Waals surface area (Å²) in [5, 5.41) is 8.36. The van der Waals surface area contributed by atoms with Crippen LogP contribution >= 0.6 is 0 Å². The zero-order chi connectivity index (χ0) is 6.99. The quantitative estimate of drug-likeness (QED) is 0.528. The molecular weight excluding hydrogens is 144 g/mol. The van der Waals surface area contributed by atoms with Gasteiger partial charge in [0.2, 0.25) is 0 Å². The summed E-state index contributed by atoms with van der Waals surface area (Å²) < 4.78 is 15.8. The molecule has 0 aromatic carbocycles. The normalized spacial score (nSPS) is 10.5. The Hall–Kier alpha value is 0.434. The van der Waals surface area contributed by atoms with Crippen LogP contribution in [0.1, 0.15) is 20.3 Å². The molecule has 2 N–H and O–H groups in total. The third kappa shape index (κ3) is 32.1. The topological polar surface area (TPSA) is 57.5 Å². The van der Waals surface area contributed by atoms with E-state index in [-0.39, 0.29) is 6.10 Å². The minimum atomic E-state index is -1.75. The van der Waals surface area contributed by atoms with Crippen molar-refractivity contribution in [3.63, 3.8) is 0 Å². The van der Waals surface area contributed by atoms with Crippen molar-refractivity contribution >= 4 is 0 Å². The first kappa shape index (κ1) is 11.3. The molecule has 0 aromatic rings. The molecule has 0 radical (unpaired) electrons. The molecule has 0 aliphatic rings. The van der Waals surface area contributed by atoms with E-state index in [0.717, 1.165) is 6.42 Å². The number of aliphatic hydroxyl groups is 1. The first-order valence-electron chi connectivity index (χ1n) is 2.38. The SMILES string of the molecule is CCC(C)O.[O]=[Ti][OH]. The van der Waals surface area contributed by atoms with Crippen LogP contribution in [0.2, 0.25) is 0 Å². The van der Waals surface area contributed by atoms with Gasteiger partial charge in [0.05, 0.1) is 6.10 Å². The molecule has 1 unspecified atom stereocenters. The van der Waals surface area contributed by atoms with Crippen molar-refractivity contribution in [1.82, 2.24) is 0 Å². The Labute approximate surface area is 58.4 Å². The van der Waals surface area contributed by atoms with Gasteiger partial charge in [-0.1, -0.05) is 6.92 Å². The van der Waals surface area contributed by atoms with Crippen LogP contribution in [0.3, 0.4) is 0 Å². The number of hydrogen-bond acceptors (Lipinski definition) is 2. The van der Waals surface area contributed by atoms with Gasteiger partial charge in [0.15, 0.2) is 0 Å². The fraction of sp³-hybridized carbons (Fsp3) is 1.00. The van der Waals surface area contributed by atoms with Crippen molar-refractivity contribution in [2.24, 2.45) is 0 Å². The monoisotopic (exact) mass is 155 g/mol. The Morgan fingerprint density at radius 3 is 1.88 bits per heavy atom. The van der Waals surface area contributed by atoms with Crippen LogP contribution < -0.4 is 0 Å². The van der Waals surface area contributed by atoms with E-state index in [9.17, 15) is 0 Å². The summed E-state index contributed by atoms with van der Waals surface area (Å²) in [5.41, 5.74) is 0. The maximum atomic E-state index is 8.61. The Morgan fingerprint density at radius 1 is 1.75 bits per heavy atom. The molecule has 8 heavy (non-hydrogen) atoms. The Morgan fingerprint density at radius 2 is 1.88 bits per heavy atom. The third-order valence-electron chi connectivity index (χ3n) is 0.591. The van der Waals surface area contributed by atoms with E-state index in [4.69, 9.17) is 12.1 Å². The number of aliphatic hydroxyl groups excluding tert-OH is 1. The fourth-order valence-corrected chi connectivity index (χ4v) is 0. The second kappa shape index (κ2) is 10.4. The Balaban J connectivity index is 0. The van der Waals surface area contributed by atoms with Gasteiger partial charge in [-0.15, -0.1) is 0 Å². The maximum absolute atomic E-state index is 8.61. The second-order valence-corrected chi connectivity index (χ2v) is 1.63. The molecule has 0 fully saturated rings. The van der Waals surface area contributed by atoms with Gasteiger partial charge in [-0.05, 0) is 13.3 Å². The first-order chi connectivity index (χ1) is 3.68. The molecular formula is C4H11O3Ti. The molecule has 0 aliphatic heterocycles. The molecule has 0 heterocycles. The molecule has 0 amide bonds. The first-order valence-corrected chi connectivity index (χ1v) is 3.71. The van der Waals surface area contributed by atoms with Gasteiger partial charge in [0.25, 0.3) is 0 Å². The predicted octanol–water partition coefficient (Wildman–Crippen LogP) is 0.0989. The molecule has 0 saturated carbocycles. The van der Waals surface area contributed by atoms with Crippen molar-refractivity contribution in [3.05, 3.63) is 0 Å². The molecule has 4 heteroatoms. The molecule has 0 bridgehead atoms. The van der Waals surface area contributed by atoms with Crippen molar-refractivity contribution in [2.45, 2.75) is 26.4 Å². The van der Waals surface area contributed by atoms with Gasteiger partial charge in [0, 0.05) is 0 Å². The fourth-order valence-electron chi connectivity index (χ4n) is 0. The van der Waals surface area contributed by atoms with Gasteiger partial charge in [-0.2, -0.15) is 0 Å². The molecule has 49 valence electrons. The molecule has 0 rings (SSSR count). The summed E-state index contributed by atoms with van der Waals surface area (Å²) in [6.07, 6.45) is 0.745. The number of hydrogen-bond donors (Lipinski definition) is 2. The summed E-state index contributed by atoms with van der Waals surface area (Å²) in [5.74, 6) is 0. The van der Waals surface area contributed by atoms with Gasteiger partial charge in [-0.3, -0.25) is 0 Å². The van der Waals surface area contributed by atoms with Crippen molar-refractivity contribution < 1.29 is 31.6 Å². The van der Waals surface area contributed by atoms with Gasteiger partial charge in [0.1, 0.15) is 0 Å². The predicted molar refractivity (Wildman–Crippen MR) is 24.9 cm³/mol. The minimum absolute atomic E-state index is 0.116. The van der Waals surface area contributed by atoms with E-state index in [0.29, 0.717) is 0 Å². The van der Waals surface area contributed by atoms with Crippen LogP contribution in [0.15, 0.2) is 0 Å². The third-order valence-corrected chi connectivity index (χ3v) is 0.591. The Bertz CT molecular complexity index is 46.5. The van der Waals surface area contributed by atoms with Crippen molar-refractivity contribution in [3.8, 4) is 0 Å². The van der Waals surface area contributed by atoms with Crippen molar-refractivity contribution in [1.29, 1.82) is 0 Å². The zero-order valence-corrected chi connectivity index (χ0v) is 6.65. The van der Waals surface area contributed by atoms with E-state index < -0.39 is 19.5 Å². The summed E-state index contributed by atoms with van der Waals surface area (Å²) in [6, 6.07) is 0. The van der Waals surface area contributed by atoms with Crippen molar-refractivity contribution in [2.75, 3.05) is 0 Å².